The average molecular weight is 346 g/mol. The summed E-state index contributed by atoms with van der Waals surface area (Å²) in [6.45, 7) is 8.39. The highest BCUT2D eigenvalue weighted by Crippen LogP contribution is 2.32. The zero-order chi connectivity index (χ0) is 17.5. The van der Waals surface area contributed by atoms with Gasteiger partial charge in [-0.25, -0.2) is 4.68 Å². The molecule has 0 amide bonds. The standard InChI is InChI=1S/C17H22N4O2S/c1-10-9-13(15(22)23-10)24-16-20-19-14(21(16)18)11-5-7-12(8-6-11)17(2,3)4/h5-8,10,13H,9,18H2,1-4H3/t10-,13+/m1/s1. The molecule has 1 fully saturated rings. The van der Waals surface area contributed by atoms with Crippen LogP contribution in [0.3, 0.4) is 0 Å². The van der Waals surface area contributed by atoms with Crippen molar-refractivity contribution in [1.82, 2.24) is 14.9 Å². The number of rotatable bonds is 3. The first-order valence-electron chi connectivity index (χ1n) is 7.94. The molecule has 6 nitrogen and oxygen atoms in total. The smallest absolute Gasteiger partial charge is 0.319 e. The van der Waals surface area contributed by atoms with Crippen molar-refractivity contribution < 1.29 is 9.53 Å². The first-order chi connectivity index (χ1) is 11.3. The number of ether oxygens (including phenoxy) is 1. The summed E-state index contributed by atoms with van der Waals surface area (Å²) in [6.07, 6.45) is 0.597. The van der Waals surface area contributed by atoms with Gasteiger partial charge < -0.3 is 10.6 Å². The van der Waals surface area contributed by atoms with E-state index in [1.54, 1.807) is 0 Å². The molecule has 3 rings (SSSR count). The van der Waals surface area contributed by atoms with E-state index in [4.69, 9.17) is 10.6 Å². The third-order valence-electron chi connectivity index (χ3n) is 4.05. The minimum Gasteiger partial charge on any atom is -0.462 e. The maximum absolute atomic E-state index is 11.8. The monoisotopic (exact) mass is 346 g/mol. The summed E-state index contributed by atoms with van der Waals surface area (Å²) in [5, 5.41) is 8.55. The second-order valence-corrected chi connectivity index (χ2v) is 8.26. The number of nitrogens with two attached hydrogens (primary N) is 1. The van der Waals surface area contributed by atoms with Gasteiger partial charge >= 0.3 is 5.97 Å². The van der Waals surface area contributed by atoms with Crippen molar-refractivity contribution in [3.63, 3.8) is 0 Å². The summed E-state index contributed by atoms with van der Waals surface area (Å²) >= 11 is 1.30. The van der Waals surface area contributed by atoms with E-state index in [1.807, 2.05) is 19.1 Å². The van der Waals surface area contributed by atoms with Crippen molar-refractivity contribution in [1.29, 1.82) is 0 Å². The van der Waals surface area contributed by atoms with Gasteiger partial charge in [-0.05, 0) is 17.9 Å². The maximum Gasteiger partial charge on any atom is 0.319 e. The normalized spacial score (nSPS) is 21.1. The highest BCUT2D eigenvalue weighted by Gasteiger charge is 2.34. The third kappa shape index (κ3) is 3.26. The molecule has 0 bridgehead atoms. The lowest BCUT2D eigenvalue weighted by atomic mass is 9.87. The lowest BCUT2D eigenvalue weighted by Crippen LogP contribution is -2.16. The molecule has 1 aromatic heterocycles. The summed E-state index contributed by atoms with van der Waals surface area (Å²) in [5.41, 5.74) is 2.23. The van der Waals surface area contributed by atoms with Crippen LogP contribution in [0.1, 0.15) is 39.7 Å². The quantitative estimate of drug-likeness (QED) is 0.680. The highest BCUT2D eigenvalue weighted by molar-refractivity contribution is 8.00. The highest BCUT2D eigenvalue weighted by atomic mass is 32.2. The number of benzene rings is 1. The average Bonchev–Trinajstić information content (AvgIpc) is 3.02. The van der Waals surface area contributed by atoms with Gasteiger partial charge in [0.1, 0.15) is 11.4 Å². The van der Waals surface area contributed by atoms with E-state index in [0.717, 1.165) is 5.56 Å². The van der Waals surface area contributed by atoms with Crippen LogP contribution in [-0.2, 0) is 14.9 Å². The molecule has 2 heterocycles. The van der Waals surface area contributed by atoms with Gasteiger partial charge in [0, 0.05) is 12.0 Å². The summed E-state index contributed by atoms with van der Waals surface area (Å²) in [5.74, 6) is 6.50. The summed E-state index contributed by atoms with van der Waals surface area (Å²) in [4.78, 5) is 11.8. The molecule has 1 aliphatic heterocycles. The van der Waals surface area contributed by atoms with E-state index in [2.05, 4.69) is 43.1 Å². The number of esters is 1. The van der Waals surface area contributed by atoms with Crippen LogP contribution in [-0.4, -0.2) is 32.2 Å². The largest absolute Gasteiger partial charge is 0.462 e. The number of carbonyl (C=O) groups is 1. The number of hydrogen-bond donors (Lipinski definition) is 1. The van der Waals surface area contributed by atoms with E-state index >= 15 is 0 Å². The van der Waals surface area contributed by atoms with Crippen LogP contribution in [0, 0.1) is 0 Å². The third-order valence-corrected chi connectivity index (χ3v) is 5.21. The van der Waals surface area contributed by atoms with Crippen molar-refractivity contribution in [2.75, 3.05) is 5.84 Å². The zero-order valence-corrected chi connectivity index (χ0v) is 15.1. The lowest BCUT2D eigenvalue weighted by Gasteiger charge is -2.19. The molecule has 0 saturated carbocycles. The fourth-order valence-electron chi connectivity index (χ4n) is 2.62. The molecule has 24 heavy (non-hydrogen) atoms. The Hall–Kier alpha value is -2.02. The van der Waals surface area contributed by atoms with Crippen molar-refractivity contribution in [3.05, 3.63) is 29.8 Å². The van der Waals surface area contributed by atoms with E-state index in [0.29, 0.717) is 17.4 Å². The second-order valence-electron chi connectivity index (χ2n) is 7.09. The van der Waals surface area contributed by atoms with E-state index in [9.17, 15) is 4.79 Å². The van der Waals surface area contributed by atoms with Gasteiger partial charge in [-0.1, -0.05) is 56.8 Å². The lowest BCUT2D eigenvalue weighted by molar-refractivity contribution is -0.140. The van der Waals surface area contributed by atoms with Gasteiger partial charge in [-0.3, -0.25) is 4.79 Å². The molecule has 7 heteroatoms. The van der Waals surface area contributed by atoms with Crippen LogP contribution < -0.4 is 5.84 Å². The van der Waals surface area contributed by atoms with Crippen LogP contribution in [0.4, 0.5) is 0 Å². The van der Waals surface area contributed by atoms with E-state index < -0.39 is 0 Å². The molecule has 128 valence electrons. The molecule has 0 unspecified atom stereocenters. The van der Waals surface area contributed by atoms with Crippen LogP contribution in [0.5, 0.6) is 0 Å². The van der Waals surface area contributed by atoms with E-state index in [1.165, 1.54) is 22.0 Å². The van der Waals surface area contributed by atoms with Crippen LogP contribution in [0.2, 0.25) is 0 Å². The van der Waals surface area contributed by atoms with Crippen molar-refractivity contribution in [3.8, 4) is 11.4 Å². The molecule has 0 spiro atoms. The molecular formula is C17H22N4O2S. The van der Waals surface area contributed by atoms with Crippen molar-refractivity contribution in [2.45, 2.75) is 56.0 Å². The van der Waals surface area contributed by atoms with Crippen LogP contribution in [0.25, 0.3) is 11.4 Å². The van der Waals surface area contributed by atoms with Gasteiger partial charge in [-0.2, -0.15) is 0 Å². The maximum atomic E-state index is 11.8. The zero-order valence-electron chi connectivity index (χ0n) is 14.3. The van der Waals surface area contributed by atoms with Gasteiger partial charge in [0.15, 0.2) is 5.82 Å². The molecular weight excluding hydrogens is 324 g/mol. The van der Waals surface area contributed by atoms with Gasteiger partial charge in [0.05, 0.1) is 0 Å². The Morgan fingerprint density at radius 3 is 2.46 bits per heavy atom. The Balaban J connectivity index is 1.81. The second kappa shape index (κ2) is 6.12. The number of hydrogen-bond acceptors (Lipinski definition) is 6. The summed E-state index contributed by atoms with van der Waals surface area (Å²) in [6, 6.07) is 8.14. The molecule has 0 aliphatic carbocycles. The molecule has 1 aromatic carbocycles. The molecule has 2 atom stereocenters. The Morgan fingerprint density at radius 2 is 1.92 bits per heavy atom. The number of carbonyl (C=O) groups excluding carboxylic acids is 1. The van der Waals surface area contributed by atoms with Crippen LogP contribution >= 0.6 is 11.8 Å². The van der Waals surface area contributed by atoms with Gasteiger partial charge in [0.25, 0.3) is 0 Å². The minimum absolute atomic E-state index is 0.0615. The first kappa shape index (κ1) is 16.8. The predicted molar refractivity (Wildman–Crippen MR) is 94.1 cm³/mol. The number of nitrogen functional groups attached to an aromatic ring is 1. The van der Waals surface area contributed by atoms with E-state index in [-0.39, 0.29) is 22.7 Å². The Labute approximate surface area is 145 Å². The number of thioether (sulfide) groups is 1. The topological polar surface area (TPSA) is 83.0 Å². The van der Waals surface area contributed by atoms with Crippen LogP contribution in [0.15, 0.2) is 29.4 Å². The van der Waals surface area contributed by atoms with Gasteiger partial charge in [-0.15, -0.1) is 10.2 Å². The fourth-order valence-corrected chi connectivity index (χ4v) is 3.68. The van der Waals surface area contributed by atoms with Crippen molar-refractivity contribution >= 4 is 17.7 Å². The fraction of sp³-hybridized carbons (Fsp3) is 0.471. The first-order valence-corrected chi connectivity index (χ1v) is 8.82. The summed E-state index contributed by atoms with van der Waals surface area (Å²) in [7, 11) is 0. The number of nitrogens with zero attached hydrogens (tertiary/aromatic N) is 3. The number of aromatic nitrogens is 3. The molecule has 2 N–H and O–H groups in total. The van der Waals surface area contributed by atoms with Crippen molar-refractivity contribution in [2.24, 2.45) is 0 Å². The Bertz CT molecular complexity index is 749. The minimum atomic E-state index is -0.275. The molecule has 1 aliphatic rings. The number of cyclic esters (lactones) is 1. The molecule has 2 aromatic rings. The SMILES string of the molecule is C[C@@H]1C[C@H](Sc2nnc(-c3ccc(C(C)(C)C)cc3)n2N)C(=O)O1. The summed E-state index contributed by atoms with van der Waals surface area (Å²) < 4.78 is 6.60. The molecule has 1 saturated heterocycles. The molecule has 0 radical (unpaired) electrons. The Morgan fingerprint density at radius 1 is 1.25 bits per heavy atom. The van der Waals surface area contributed by atoms with Gasteiger partial charge in [0.2, 0.25) is 5.16 Å². The Kier molecular flexibility index (Phi) is 4.29. The predicted octanol–water partition coefficient (Wildman–Crippen LogP) is 2.75.